The van der Waals surface area contributed by atoms with E-state index in [2.05, 4.69) is 12.2 Å². The van der Waals surface area contributed by atoms with Gasteiger partial charge in [0, 0.05) is 12.5 Å². The van der Waals surface area contributed by atoms with Gasteiger partial charge in [-0.3, -0.25) is 0 Å². The fraction of sp³-hybridized carbons (Fsp3) is 0.778. The SMILES string of the molecule is OCCC1C2C=CC(C2)C1O. The molecule has 2 nitrogen and oxygen atoms in total. The molecule has 0 radical (unpaired) electrons. The van der Waals surface area contributed by atoms with Gasteiger partial charge in [-0.2, -0.15) is 0 Å². The largest absolute Gasteiger partial charge is 0.396 e. The van der Waals surface area contributed by atoms with E-state index in [4.69, 9.17) is 5.11 Å². The highest BCUT2D eigenvalue weighted by molar-refractivity contribution is 5.13. The van der Waals surface area contributed by atoms with Crippen molar-refractivity contribution in [2.24, 2.45) is 17.8 Å². The van der Waals surface area contributed by atoms with Crippen molar-refractivity contribution < 1.29 is 10.2 Å². The summed E-state index contributed by atoms with van der Waals surface area (Å²) in [5, 5.41) is 18.4. The van der Waals surface area contributed by atoms with Gasteiger partial charge in [-0.15, -0.1) is 0 Å². The Morgan fingerprint density at radius 1 is 1.27 bits per heavy atom. The second-order valence-electron chi connectivity index (χ2n) is 3.62. The fourth-order valence-electron chi connectivity index (χ4n) is 2.43. The zero-order valence-corrected chi connectivity index (χ0v) is 6.48. The van der Waals surface area contributed by atoms with E-state index in [0.29, 0.717) is 17.8 Å². The molecule has 0 spiro atoms. The zero-order valence-electron chi connectivity index (χ0n) is 6.48. The van der Waals surface area contributed by atoms with E-state index in [9.17, 15) is 5.11 Å². The van der Waals surface area contributed by atoms with Gasteiger partial charge in [-0.25, -0.2) is 0 Å². The predicted octanol–water partition coefficient (Wildman–Crippen LogP) is 0.552. The highest BCUT2D eigenvalue weighted by Crippen LogP contribution is 2.44. The van der Waals surface area contributed by atoms with Gasteiger partial charge in [0.05, 0.1) is 6.10 Å². The fourth-order valence-corrected chi connectivity index (χ4v) is 2.43. The monoisotopic (exact) mass is 154 g/mol. The maximum atomic E-state index is 9.65. The Hall–Kier alpha value is -0.340. The maximum Gasteiger partial charge on any atom is 0.0637 e. The van der Waals surface area contributed by atoms with Crippen molar-refractivity contribution in [3.8, 4) is 0 Å². The molecule has 62 valence electrons. The normalized spacial score (nSPS) is 47.1. The van der Waals surface area contributed by atoms with Gasteiger partial charge < -0.3 is 10.2 Å². The summed E-state index contributed by atoms with van der Waals surface area (Å²) in [6.45, 7) is 0.207. The van der Waals surface area contributed by atoms with Crippen LogP contribution >= 0.6 is 0 Å². The van der Waals surface area contributed by atoms with E-state index in [0.717, 1.165) is 12.8 Å². The first-order valence-corrected chi connectivity index (χ1v) is 4.30. The highest BCUT2D eigenvalue weighted by Gasteiger charge is 2.42. The Labute approximate surface area is 66.5 Å². The Bertz CT molecular complexity index is 176. The lowest BCUT2D eigenvalue weighted by Gasteiger charge is -2.22. The van der Waals surface area contributed by atoms with Crippen LogP contribution < -0.4 is 0 Å². The van der Waals surface area contributed by atoms with Crippen LogP contribution in [0.15, 0.2) is 12.2 Å². The molecule has 0 aromatic carbocycles. The first-order valence-electron chi connectivity index (χ1n) is 4.30. The molecule has 2 bridgehead atoms. The molecule has 11 heavy (non-hydrogen) atoms. The van der Waals surface area contributed by atoms with Crippen LogP contribution in [-0.4, -0.2) is 22.9 Å². The van der Waals surface area contributed by atoms with Crippen LogP contribution in [0, 0.1) is 17.8 Å². The van der Waals surface area contributed by atoms with Crippen molar-refractivity contribution in [3.05, 3.63) is 12.2 Å². The summed E-state index contributed by atoms with van der Waals surface area (Å²) in [5.41, 5.74) is 0. The molecule has 0 aromatic heterocycles. The van der Waals surface area contributed by atoms with Crippen LogP contribution in [0.25, 0.3) is 0 Å². The van der Waals surface area contributed by atoms with E-state index in [1.807, 2.05) is 0 Å². The van der Waals surface area contributed by atoms with Crippen LogP contribution in [-0.2, 0) is 0 Å². The summed E-state index contributed by atoms with van der Waals surface area (Å²) in [4.78, 5) is 0. The van der Waals surface area contributed by atoms with E-state index in [-0.39, 0.29) is 12.7 Å². The molecule has 2 heteroatoms. The summed E-state index contributed by atoms with van der Waals surface area (Å²) in [7, 11) is 0. The second-order valence-corrected chi connectivity index (χ2v) is 3.62. The molecule has 4 atom stereocenters. The van der Waals surface area contributed by atoms with E-state index >= 15 is 0 Å². The number of fused-ring (bicyclic) bond motifs is 2. The van der Waals surface area contributed by atoms with Gasteiger partial charge in [0.15, 0.2) is 0 Å². The van der Waals surface area contributed by atoms with Crippen LogP contribution in [0.4, 0.5) is 0 Å². The minimum atomic E-state index is -0.183. The Morgan fingerprint density at radius 3 is 2.55 bits per heavy atom. The number of allylic oxidation sites excluding steroid dienone is 1. The summed E-state index contributed by atoms with van der Waals surface area (Å²) >= 11 is 0. The molecule has 2 aliphatic rings. The van der Waals surface area contributed by atoms with Gasteiger partial charge in [-0.05, 0) is 24.7 Å². The zero-order chi connectivity index (χ0) is 7.84. The highest BCUT2D eigenvalue weighted by atomic mass is 16.3. The standard InChI is InChI=1S/C9H14O2/c10-4-3-8-6-1-2-7(5-6)9(8)11/h1-2,6-11H,3-5H2. The Morgan fingerprint density at radius 2 is 2.00 bits per heavy atom. The van der Waals surface area contributed by atoms with Crippen LogP contribution in [0.3, 0.4) is 0 Å². The van der Waals surface area contributed by atoms with E-state index in [1.165, 1.54) is 0 Å². The first-order chi connectivity index (χ1) is 5.33. The van der Waals surface area contributed by atoms with Gasteiger partial charge in [0.1, 0.15) is 0 Å². The first kappa shape index (κ1) is 7.32. The molecule has 1 fully saturated rings. The molecule has 2 N–H and O–H groups in total. The third kappa shape index (κ3) is 1.01. The molecule has 2 aliphatic carbocycles. The van der Waals surface area contributed by atoms with Crippen molar-refractivity contribution >= 4 is 0 Å². The molecule has 0 aliphatic heterocycles. The molecule has 0 heterocycles. The number of aliphatic hydroxyl groups excluding tert-OH is 2. The van der Waals surface area contributed by atoms with Crippen molar-refractivity contribution in [2.45, 2.75) is 18.9 Å². The molecule has 0 aromatic rings. The molecule has 1 saturated carbocycles. The lowest BCUT2D eigenvalue weighted by Crippen LogP contribution is -2.25. The smallest absolute Gasteiger partial charge is 0.0637 e. The third-order valence-corrected chi connectivity index (χ3v) is 3.04. The van der Waals surface area contributed by atoms with Gasteiger partial charge >= 0.3 is 0 Å². The minimum absolute atomic E-state index is 0.183. The quantitative estimate of drug-likeness (QED) is 0.570. The minimum Gasteiger partial charge on any atom is -0.396 e. The van der Waals surface area contributed by atoms with Crippen molar-refractivity contribution in [3.63, 3.8) is 0 Å². The predicted molar refractivity (Wildman–Crippen MR) is 41.9 cm³/mol. The number of hydrogen-bond donors (Lipinski definition) is 2. The van der Waals surface area contributed by atoms with Crippen molar-refractivity contribution in [1.29, 1.82) is 0 Å². The molecule has 0 saturated heterocycles. The molecule has 0 amide bonds. The van der Waals surface area contributed by atoms with Crippen molar-refractivity contribution in [1.82, 2.24) is 0 Å². The topological polar surface area (TPSA) is 40.5 Å². The van der Waals surface area contributed by atoms with Crippen LogP contribution in [0.1, 0.15) is 12.8 Å². The van der Waals surface area contributed by atoms with E-state index < -0.39 is 0 Å². The molecule has 2 rings (SSSR count). The summed E-state index contributed by atoms with van der Waals surface area (Å²) in [5.74, 6) is 1.26. The maximum absolute atomic E-state index is 9.65. The van der Waals surface area contributed by atoms with Gasteiger partial charge in [0.25, 0.3) is 0 Å². The summed E-state index contributed by atoms with van der Waals surface area (Å²) in [6, 6.07) is 0. The molecular weight excluding hydrogens is 140 g/mol. The van der Waals surface area contributed by atoms with E-state index in [1.54, 1.807) is 0 Å². The lowest BCUT2D eigenvalue weighted by molar-refractivity contribution is 0.0802. The summed E-state index contributed by atoms with van der Waals surface area (Å²) in [6.07, 6.45) is 5.98. The average Bonchev–Trinajstić information content (AvgIpc) is 2.54. The summed E-state index contributed by atoms with van der Waals surface area (Å²) < 4.78 is 0. The second kappa shape index (κ2) is 2.61. The third-order valence-electron chi connectivity index (χ3n) is 3.04. The average molecular weight is 154 g/mol. The van der Waals surface area contributed by atoms with Crippen molar-refractivity contribution in [2.75, 3.05) is 6.61 Å². The Kier molecular flexibility index (Phi) is 1.74. The van der Waals surface area contributed by atoms with Gasteiger partial charge in [0.2, 0.25) is 0 Å². The number of hydrogen-bond acceptors (Lipinski definition) is 2. The molecule has 4 unspecified atom stereocenters. The lowest BCUT2D eigenvalue weighted by atomic mass is 9.89. The van der Waals surface area contributed by atoms with Crippen LogP contribution in [0.2, 0.25) is 0 Å². The molecular formula is C9H14O2. The number of aliphatic hydroxyl groups is 2. The van der Waals surface area contributed by atoms with Crippen LogP contribution in [0.5, 0.6) is 0 Å². The Balaban J connectivity index is 2.06. The number of rotatable bonds is 2. The van der Waals surface area contributed by atoms with Gasteiger partial charge in [-0.1, -0.05) is 12.2 Å².